The number of likely N-dealkylation sites (N-methyl/N-ethyl adjacent to an activating group) is 1. The Kier molecular flexibility index (Phi) is 13.7. The van der Waals surface area contributed by atoms with E-state index in [0.717, 1.165) is 43.6 Å². The van der Waals surface area contributed by atoms with Gasteiger partial charge in [0.15, 0.2) is 0 Å². The number of aliphatic hydroxyl groups is 1. The molecular formula is C36H50N6O3. The second-order valence-electron chi connectivity index (χ2n) is 11.2. The topological polar surface area (TPSA) is 104 Å². The molecule has 0 spiro atoms. The molecule has 1 aliphatic rings. The molecule has 1 aromatic carbocycles. The van der Waals surface area contributed by atoms with Gasteiger partial charge >= 0.3 is 0 Å². The van der Waals surface area contributed by atoms with Gasteiger partial charge in [0.05, 0.1) is 37.8 Å². The third-order valence-corrected chi connectivity index (χ3v) is 7.77. The fraction of sp³-hybridized carbons (Fsp3) is 0.444. The number of allylic oxidation sites excluding steroid dienone is 3. The fourth-order valence-electron chi connectivity index (χ4n) is 5.40. The Hall–Kier alpha value is -4.08. The largest absolute Gasteiger partial charge is 0.480 e. The van der Waals surface area contributed by atoms with Crippen molar-refractivity contribution in [1.29, 1.82) is 0 Å². The minimum absolute atomic E-state index is 0.147. The van der Waals surface area contributed by atoms with Crippen molar-refractivity contribution in [2.24, 2.45) is 0 Å². The Balaban J connectivity index is 0.00000271. The number of hydrogen-bond acceptors (Lipinski definition) is 8. The number of anilines is 2. The SMILES string of the molecule is CC.CC/C=C/C=C\c1cc(-c2cncc(OC)n2)nc(Nc2ccc(C3CCN(CC(=O)N(C)C)CC3)c(C)c2)c1C(C)O. The second kappa shape index (κ2) is 17.4. The lowest BCUT2D eigenvalue weighted by Gasteiger charge is -2.33. The first kappa shape index (κ1) is 35.4. The van der Waals surface area contributed by atoms with Gasteiger partial charge in [0.2, 0.25) is 11.8 Å². The highest BCUT2D eigenvalue weighted by atomic mass is 16.5. The Labute approximate surface area is 269 Å². The van der Waals surface area contributed by atoms with E-state index in [1.54, 1.807) is 45.4 Å². The molecule has 242 valence electrons. The summed E-state index contributed by atoms with van der Waals surface area (Å²) in [6.45, 7) is 12.3. The molecule has 1 saturated heterocycles. The van der Waals surface area contributed by atoms with Gasteiger partial charge < -0.3 is 20.1 Å². The fourth-order valence-corrected chi connectivity index (χ4v) is 5.40. The molecule has 9 heteroatoms. The molecule has 3 aromatic rings. The third kappa shape index (κ3) is 9.70. The highest BCUT2D eigenvalue weighted by molar-refractivity contribution is 5.77. The maximum absolute atomic E-state index is 12.1. The van der Waals surface area contributed by atoms with Gasteiger partial charge in [-0.2, -0.15) is 0 Å². The van der Waals surface area contributed by atoms with Gasteiger partial charge in [-0.3, -0.25) is 14.7 Å². The Bertz CT molecular complexity index is 1460. The number of likely N-dealkylation sites (tertiary alicyclic amines) is 1. The molecule has 1 fully saturated rings. The van der Waals surface area contributed by atoms with Crippen LogP contribution in [0.5, 0.6) is 5.88 Å². The summed E-state index contributed by atoms with van der Waals surface area (Å²) in [5, 5.41) is 14.4. The molecular weight excluding hydrogens is 564 g/mol. The van der Waals surface area contributed by atoms with Crippen LogP contribution in [0.25, 0.3) is 17.5 Å². The minimum atomic E-state index is -0.764. The summed E-state index contributed by atoms with van der Waals surface area (Å²) in [6.07, 6.45) is 13.4. The molecule has 3 heterocycles. The van der Waals surface area contributed by atoms with Crippen molar-refractivity contribution in [3.8, 4) is 17.3 Å². The van der Waals surface area contributed by atoms with Crippen LogP contribution in [0, 0.1) is 6.92 Å². The number of benzene rings is 1. The third-order valence-electron chi connectivity index (χ3n) is 7.77. The van der Waals surface area contributed by atoms with Crippen LogP contribution >= 0.6 is 0 Å². The maximum Gasteiger partial charge on any atom is 0.236 e. The number of pyridine rings is 1. The molecule has 1 unspecified atom stereocenters. The summed E-state index contributed by atoms with van der Waals surface area (Å²) in [6, 6.07) is 8.33. The summed E-state index contributed by atoms with van der Waals surface area (Å²) in [7, 11) is 5.17. The van der Waals surface area contributed by atoms with Crippen LogP contribution in [-0.2, 0) is 4.79 Å². The van der Waals surface area contributed by atoms with Crippen LogP contribution in [-0.4, -0.2) is 76.6 Å². The van der Waals surface area contributed by atoms with E-state index in [2.05, 4.69) is 58.3 Å². The monoisotopic (exact) mass is 614 g/mol. The molecule has 45 heavy (non-hydrogen) atoms. The number of nitrogens with one attached hydrogen (secondary N) is 1. The van der Waals surface area contributed by atoms with Crippen molar-refractivity contribution in [3.63, 3.8) is 0 Å². The van der Waals surface area contributed by atoms with Crippen molar-refractivity contribution in [3.05, 3.63) is 77.1 Å². The zero-order valence-electron chi connectivity index (χ0n) is 28.2. The maximum atomic E-state index is 12.1. The molecule has 2 aromatic heterocycles. The Morgan fingerprint density at radius 1 is 1.13 bits per heavy atom. The second-order valence-corrected chi connectivity index (χ2v) is 11.2. The summed E-state index contributed by atoms with van der Waals surface area (Å²) < 4.78 is 5.29. The van der Waals surface area contributed by atoms with Gasteiger partial charge in [0.1, 0.15) is 11.5 Å². The van der Waals surface area contributed by atoms with E-state index in [4.69, 9.17) is 9.72 Å². The zero-order valence-corrected chi connectivity index (χ0v) is 28.2. The van der Waals surface area contributed by atoms with Crippen LogP contribution in [0.3, 0.4) is 0 Å². The minimum Gasteiger partial charge on any atom is -0.480 e. The molecule has 0 saturated carbocycles. The predicted molar refractivity (Wildman–Crippen MR) is 184 cm³/mol. The highest BCUT2D eigenvalue weighted by Gasteiger charge is 2.24. The number of methoxy groups -OCH3 is 1. The highest BCUT2D eigenvalue weighted by Crippen LogP contribution is 2.35. The van der Waals surface area contributed by atoms with Crippen LogP contribution in [0.2, 0.25) is 0 Å². The number of aromatic nitrogens is 3. The van der Waals surface area contributed by atoms with Gasteiger partial charge in [0, 0.05) is 25.3 Å². The molecule has 2 N–H and O–H groups in total. The first-order chi connectivity index (χ1) is 21.7. The molecule has 9 nitrogen and oxygen atoms in total. The Morgan fingerprint density at radius 3 is 2.49 bits per heavy atom. The number of hydrogen-bond donors (Lipinski definition) is 2. The number of aliphatic hydroxyl groups excluding tert-OH is 1. The standard InChI is InChI=1S/C34H44N6O3.C2H6/c1-7-8-9-10-11-26-19-29(30-20-35-21-31(37-30)43-6)38-34(33(26)24(3)41)36-27-12-13-28(23(2)18-27)25-14-16-40(17-15-25)22-32(42)39(4)5;1-2/h8-13,18-21,24-25,41H,7,14-17,22H2,1-6H3,(H,36,38);1-2H3/b9-8+,11-10-;. The molecule has 0 bridgehead atoms. The van der Waals surface area contributed by atoms with Gasteiger partial charge in [-0.25, -0.2) is 9.97 Å². The number of aryl methyl sites for hydroxylation is 1. The van der Waals surface area contributed by atoms with Crippen LogP contribution in [0.4, 0.5) is 11.5 Å². The van der Waals surface area contributed by atoms with Gasteiger partial charge in [-0.15, -0.1) is 0 Å². The average molecular weight is 615 g/mol. The summed E-state index contributed by atoms with van der Waals surface area (Å²) >= 11 is 0. The molecule has 1 atom stereocenters. The summed E-state index contributed by atoms with van der Waals surface area (Å²) in [4.78, 5) is 29.8. The Morgan fingerprint density at radius 2 is 1.87 bits per heavy atom. The van der Waals surface area contributed by atoms with Gasteiger partial charge in [-0.05, 0) is 87.0 Å². The van der Waals surface area contributed by atoms with E-state index in [1.165, 1.54) is 11.1 Å². The van der Waals surface area contributed by atoms with Crippen molar-refractivity contribution in [2.75, 3.05) is 46.2 Å². The van der Waals surface area contributed by atoms with E-state index in [9.17, 15) is 9.90 Å². The smallest absolute Gasteiger partial charge is 0.236 e. The van der Waals surface area contributed by atoms with Crippen molar-refractivity contribution in [1.82, 2.24) is 24.8 Å². The van der Waals surface area contributed by atoms with Crippen molar-refractivity contribution < 1.29 is 14.6 Å². The lowest BCUT2D eigenvalue weighted by molar-refractivity contribution is -0.130. The van der Waals surface area contributed by atoms with E-state index < -0.39 is 6.10 Å². The van der Waals surface area contributed by atoms with Gasteiger partial charge in [-0.1, -0.05) is 51.1 Å². The number of carbonyl (C=O) groups excluding carboxylic acids is 1. The number of rotatable bonds is 11. The lowest BCUT2D eigenvalue weighted by Crippen LogP contribution is -2.40. The van der Waals surface area contributed by atoms with E-state index in [0.29, 0.717) is 41.1 Å². The summed E-state index contributed by atoms with van der Waals surface area (Å²) in [5.74, 6) is 1.56. The zero-order chi connectivity index (χ0) is 32.9. The number of piperidine rings is 1. The first-order valence-corrected chi connectivity index (χ1v) is 15.9. The van der Waals surface area contributed by atoms with Gasteiger partial charge in [0.25, 0.3) is 0 Å². The number of ether oxygens (including phenoxy) is 1. The van der Waals surface area contributed by atoms with E-state index in [1.807, 2.05) is 38.1 Å². The average Bonchev–Trinajstić information content (AvgIpc) is 3.04. The van der Waals surface area contributed by atoms with Crippen LogP contribution in [0.15, 0.2) is 54.9 Å². The molecule has 1 amide bonds. The number of nitrogens with zero attached hydrogens (tertiary/aromatic N) is 5. The van der Waals surface area contributed by atoms with E-state index in [-0.39, 0.29) is 5.91 Å². The predicted octanol–water partition coefficient (Wildman–Crippen LogP) is 6.93. The van der Waals surface area contributed by atoms with E-state index >= 15 is 0 Å². The lowest BCUT2D eigenvalue weighted by atomic mass is 9.86. The van der Waals surface area contributed by atoms with Crippen molar-refractivity contribution in [2.45, 2.75) is 65.9 Å². The van der Waals surface area contributed by atoms with Crippen LogP contribution < -0.4 is 10.1 Å². The normalized spacial score (nSPS) is 14.7. The number of carbonyl (C=O) groups is 1. The molecule has 4 rings (SSSR count). The number of amides is 1. The van der Waals surface area contributed by atoms with Crippen LogP contribution in [0.1, 0.15) is 81.2 Å². The first-order valence-electron chi connectivity index (χ1n) is 15.9. The molecule has 0 aliphatic carbocycles. The summed E-state index contributed by atoms with van der Waals surface area (Å²) in [5.41, 5.74) is 6.14. The molecule has 0 radical (unpaired) electrons. The molecule has 1 aliphatic heterocycles. The quantitative estimate of drug-likeness (QED) is 0.224. The van der Waals surface area contributed by atoms with Crippen molar-refractivity contribution >= 4 is 23.5 Å².